The van der Waals surface area contributed by atoms with Crippen molar-refractivity contribution in [3.05, 3.63) is 0 Å². The second-order valence-electron chi connectivity index (χ2n) is 5.62. The number of aliphatic imine (C=N–C) groups is 1. The molecule has 2 N–H and O–H groups in total. The predicted molar refractivity (Wildman–Crippen MR) is 89.0 cm³/mol. The summed E-state index contributed by atoms with van der Waals surface area (Å²) in [4.78, 5) is 9.22. The van der Waals surface area contributed by atoms with Crippen molar-refractivity contribution in [1.29, 1.82) is 0 Å². The number of rotatable bonds is 8. The topological polar surface area (TPSA) is 52.1 Å². The van der Waals surface area contributed by atoms with E-state index in [1.54, 1.807) is 7.11 Å². The average molecular weight is 299 g/mol. The van der Waals surface area contributed by atoms with E-state index in [-0.39, 0.29) is 0 Å². The van der Waals surface area contributed by atoms with Crippen LogP contribution in [0.1, 0.15) is 19.3 Å². The van der Waals surface area contributed by atoms with Crippen LogP contribution in [0.4, 0.5) is 0 Å². The van der Waals surface area contributed by atoms with Crippen molar-refractivity contribution in [3.63, 3.8) is 0 Å². The quantitative estimate of drug-likeness (QED) is 0.381. The van der Waals surface area contributed by atoms with Crippen LogP contribution in [0.15, 0.2) is 4.99 Å². The van der Waals surface area contributed by atoms with Crippen molar-refractivity contribution in [2.45, 2.75) is 19.3 Å². The van der Waals surface area contributed by atoms with Gasteiger partial charge in [0.1, 0.15) is 0 Å². The van der Waals surface area contributed by atoms with E-state index in [4.69, 9.17) is 4.74 Å². The van der Waals surface area contributed by atoms with E-state index in [0.717, 1.165) is 38.5 Å². The summed E-state index contributed by atoms with van der Waals surface area (Å²) < 4.78 is 5.03. The first-order valence-electron chi connectivity index (χ1n) is 8.10. The molecule has 0 spiro atoms. The third-order valence-electron chi connectivity index (χ3n) is 3.80. The summed E-state index contributed by atoms with van der Waals surface area (Å²) in [5, 5.41) is 6.67. The van der Waals surface area contributed by atoms with Crippen molar-refractivity contribution in [2.24, 2.45) is 4.99 Å². The molecular weight excluding hydrogens is 266 g/mol. The van der Waals surface area contributed by atoms with Gasteiger partial charge < -0.3 is 25.2 Å². The normalized spacial score (nSPS) is 18.5. The zero-order chi connectivity index (χ0) is 15.3. The molecule has 6 nitrogen and oxygen atoms in total. The molecule has 0 bridgehead atoms. The molecule has 1 rings (SSSR count). The molecule has 1 fully saturated rings. The molecule has 0 aromatic carbocycles. The molecule has 1 aliphatic heterocycles. The summed E-state index contributed by atoms with van der Waals surface area (Å²) in [6, 6.07) is 0. The molecule has 0 atom stereocenters. The smallest absolute Gasteiger partial charge is 0.190 e. The summed E-state index contributed by atoms with van der Waals surface area (Å²) in [7, 11) is 5.76. The van der Waals surface area contributed by atoms with Gasteiger partial charge in [-0.25, -0.2) is 0 Å². The molecule has 1 aliphatic rings. The molecule has 0 radical (unpaired) electrons. The van der Waals surface area contributed by atoms with Gasteiger partial charge in [0.2, 0.25) is 0 Å². The van der Waals surface area contributed by atoms with E-state index in [1.165, 1.54) is 39.1 Å². The Bertz CT molecular complexity index is 285. The molecule has 1 heterocycles. The van der Waals surface area contributed by atoms with Gasteiger partial charge in [-0.1, -0.05) is 0 Å². The largest absolute Gasteiger partial charge is 0.385 e. The lowest BCUT2D eigenvalue weighted by atomic mass is 10.3. The molecular formula is C15H33N5O. The van der Waals surface area contributed by atoms with Crippen LogP contribution in [0.3, 0.4) is 0 Å². The number of guanidine groups is 1. The Morgan fingerprint density at radius 3 is 2.57 bits per heavy atom. The maximum atomic E-state index is 5.03. The van der Waals surface area contributed by atoms with Gasteiger partial charge in [-0.2, -0.15) is 0 Å². The van der Waals surface area contributed by atoms with Crippen LogP contribution in [0.25, 0.3) is 0 Å². The van der Waals surface area contributed by atoms with E-state index in [2.05, 4.69) is 32.5 Å². The van der Waals surface area contributed by atoms with Crippen LogP contribution < -0.4 is 10.6 Å². The summed E-state index contributed by atoms with van der Waals surface area (Å²) in [5.74, 6) is 0.890. The summed E-state index contributed by atoms with van der Waals surface area (Å²) in [6.45, 7) is 8.66. The van der Waals surface area contributed by atoms with Crippen LogP contribution in [-0.4, -0.2) is 89.4 Å². The lowest BCUT2D eigenvalue weighted by molar-refractivity contribution is 0.195. The molecule has 0 amide bonds. The summed E-state index contributed by atoms with van der Waals surface area (Å²) >= 11 is 0. The lowest BCUT2D eigenvalue weighted by Crippen LogP contribution is -2.39. The first kappa shape index (κ1) is 18.2. The third-order valence-corrected chi connectivity index (χ3v) is 3.80. The van der Waals surface area contributed by atoms with Gasteiger partial charge in [-0.3, -0.25) is 4.99 Å². The van der Waals surface area contributed by atoms with Crippen LogP contribution >= 0.6 is 0 Å². The van der Waals surface area contributed by atoms with Crippen molar-refractivity contribution < 1.29 is 4.74 Å². The van der Waals surface area contributed by atoms with Gasteiger partial charge in [0.05, 0.1) is 0 Å². The van der Waals surface area contributed by atoms with Crippen molar-refractivity contribution in [3.8, 4) is 0 Å². The Kier molecular flexibility index (Phi) is 10.2. The highest BCUT2D eigenvalue weighted by molar-refractivity contribution is 5.79. The summed E-state index contributed by atoms with van der Waals surface area (Å²) in [6.07, 6.45) is 3.44. The predicted octanol–water partition coefficient (Wildman–Crippen LogP) is 0.216. The zero-order valence-electron chi connectivity index (χ0n) is 14.0. The van der Waals surface area contributed by atoms with Gasteiger partial charge in [-0.05, 0) is 45.9 Å². The molecule has 0 unspecified atom stereocenters. The van der Waals surface area contributed by atoms with Gasteiger partial charge in [-0.15, -0.1) is 0 Å². The fourth-order valence-corrected chi connectivity index (χ4v) is 2.48. The zero-order valence-corrected chi connectivity index (χ0v) is 14.0. The second kappa shape index (κ2) is 11.8. The Labute approximate surface area is 129 Å². The molecule has 0 saturated carbocycles. The third kappa shape index (κ3) is 8.90. The van der Waals surface area contributed by atoms with Crippen LogP contribution in [0, 0.1) is 0 Å². The standard InChI is InChI=1S/C15H33N5O/c1-16-15(18-8-5-14-21-3)17-7-4-10-20-11-6-9-19(2)12-13-20/h4-14H2,1-3H3,(H2,16,17,18). The first-order valence-corrected chi connectivity index (χ1v) is 8.10. The molecule has 21 heavy (non-hydrogen) atoms. The molecule has 6 heteroatoms. The Balaban J connectivity index is 2.06. The fourth-order valence-electron chi connectivity index (χ4n) is 2.48. The number of likely N-dealkylation sites (N-methyl/N-ethyl adjacent to an activating group) is 1. The molecule has 0 aromatic rings. The van der Waals surface area contributed by atoms with Gasteiger partial charge in [0.25, 0.3) is 0 Å². The minimum absolute atomic E-state index is 0.785. The fraction of sp³-hybridized carbons (Fsp3) is 0.933. The lowest BCUT2D eigenvalue weighted by Gasteiger charge is -2.20. The number of nitrogens with one attached hydrogen (secondary N) is 2. The van der Waals surface area contributed by atoms with Crippen molar-refractivity contribution in [2.75, 3.05) is 73.6 Å². The minimum Gasteiger partial charge on any atom is -0.385 e. The van der Waals surface area contributed by atoms with Gasteiger partial charge in [0, 0.05) is 46.9 Å². The molecule has 0 aliphatic carbocycles. The van der Waals surface area contributed by atoms with E-state index >= 15 is 0 Å². The van der Waals surface area contributed by atoms with Gasteiger partial charge >= 0.3 is 0 Å². The molecule has 124 valence electrons. The number of ether oxygens (including phenoxy) is 1. The Morgan fingerprint density at radius 1 is 1.10 bits per heavy atom. The van der Waals surface area contributed by atoms with Crippen LogP contribution in [-0.2, 0) is 4.74 Å². The molecule has 1 saturated heterocycles. The Morgan fingerprint density at radius 2 is 1.86 bits per heavy atom. The summed E-state index contributed by atoms with van der Waals surface area (Å²) in [5.41, 5.74) is 0. The Hall–Kier alpha value is -0.850. The van der Waals surface area contributed by atoms with Crippen molar-refractivity contribution in [1.82, 2.24) is 20.4 Å². The number of hydrogen-bond acceptors (Lipinski definition) is 4. The number of hydrogen-bond donors (Lipinski definition) is 2. The average Bonchev–Trinajstić information content (AvgIpc) is 2.70. The maximum Gasteiger partial charge on any atom is 0.190 e. The minimum atomic E-state index is 0.785. The van der Waals surface area contributed by atoms with Gasteiger partial charge in [0.15, 0.2) is 5.96 Å². The molecule has 0 aromatic heterocycles. The maximum absolute atomic E-state index is 5.03. The van der Waals surface area contributed by atoms with E-state index in [1.807, 2.05) is 7.05 Å². The van der Waals surface area contributed by atoms with Crippen molar-refractivity contribution >= 4 is 5.96 Å². The number of methoxy groups -OCH3 is 1. The second-order valence-corrected chi connectivity index (χ2v) is 5.62. The highest BCUT2D eigenvalue weighted by Crippen LogP contribution is 2.01. The van der Waals surface area contributed by atoms with E-state index in [9.17, 15) is 0 Å². The first-order chi connectivity index (χ1) is 10.3. The number of nitrogens with zero attached hydrogens (tertiary/aromatic N) is 3. The van der Waals surface area contributed by atoms with Crippen LogP contribution in [0.5, 0.6) is 0 Å². The van der Waals surface area contributed by atoms with E-state index in [0.29, 0.717) is 0 Å². The van der Waals surface area contributed by atoms with Crippen LogP contribution in [0.2, 0.25) is 0 Å². The van der Waals surface area contributed by atoms with E-state index < -0.39 is 0 Å². The highest BCUT2D eigenvalue weighted by Gasteiger charge is 2.11. The monoisotopic (exact) mass is 299 g/mol. The SMILES string of the molecule is CN=C(NCCCOC)NCCCN1CCCN(C)CC1. The highest BCUT2D eigenvalue weighted by atomic mass is 16.5.